The molecule has 0 spiro atoms. The second-order valence-electron chi connectivity index (χ2n) is 4.07. The van der Waals surface area contributed by atoms with Gasteiger partial charge in [-0.2, -0.15) is 15.0 Å². The van der Waals surface area contributed by atoms with Gasteiger partial charge in [0.1, 0.15) is 5.82 Å². The fourth-order valence-corrected chi connectivity index (χ4v) is 1.69. The molecule has 9 nitrogen and oxygen atoms in total. The average Bonchev–Trinajstić information content (AvgIpc) is 2.96. The van der Waals surface area contributed by atoms with E-state index in [0.29, 0.717) is 23.2 Å². The lowest BCUT2D eigenvalue weighted by atomic mass is 10.2. The topological polar surface area (TPSA) is 126 Å². The van der Waals surface area contributed by atoms with E-state index in [1.54, 1.807) is 25.3 Å². The van der Waals surface area contributed by atoms with Crippen LogP contribution in [0.3, 0.4) is 0 Å². The number of nitrogens with zero attached hydrogens (tertiary/aromatic N) is 6. The van der Waals surface area contributed by atoms with Crippen LogP contribution in [0.1, 0.15) is 5.82 Å². The molecule has 3 aromatic heterocycles. The largest absolute Gasteiger partial charge is 0.481 e. The number of hydrogen-bond acceptors (Lipinski definition) is 9. The van der Waals surface area contributed by atoms with Gasteiger partial charge in [0.25, 0.3) is 5.89 Å². The minimum atomic E-state index is 0.106. The van der Waals surface area contributed by atoms with Gasteiger partial charge in [-0.05, 0) is 13.0 Å². The van der Waals surface area contributed by atoms with Crippen LogP contribution in [0.2, 0.25) is 0 Å². The number of hydrogen-bond donors (Lipinski definition) is 1. The molecular weight excluding hydrogens is 274 g/mol. The molecule has 0 aliphatic carbocycles. The van der Waals surface area contributed by atoms with Gasteiger partial charge in [0.15, 0.2) is 0 Å². The SMILES string of the molecule is COc1cc(-c2nc(-c3nc(C)nc(N)n3)no2)ccn1. The molecule has 2 N–H and O–H groups in total. The molecule has 0 aliphatic heterocycles. The lowest BCUT2D eigenvalue weighted by Gasteiger charge is -1.98. The lowest BCUT2D eigenvalue weighted by Crippen LogP contribution is -2.02. The maximum Gasteiger partial charge on any atom is 0.258 e. The molecular formula is C12H11N7O2. The smallest absolute Gasteiger partial charge is 0.258 e. The molecule has 9 heteroatoms. The molecule has 106 valence electrons. The highest BCUT2D eigenvalue weighted by Crippen LogP contribution is 2.22. The van der Waals surface area contributed by atoms with E-state index in [1.165, 1.54) is 7.11 Å². The number of methoxy groups -OCH3 is 1. The van der Waals surface area contributed by atoms with Gasteiger partial charge in [0, 0.05) is 17.8 Å². The van der Waals surface area contributed by atoms with Crippen LogP contribution in [0.15, 0.2) is 22.9 Å². The van der Waals surface area contributed by atoms with Crippen LogP contribution < -0.4 is 10.5 Å². The molecule has 0 radical (unpaired) electrons. The summed E-state index contributed by atoms with van der Waals surface area (Å²) in [5, 5.41) is 3.84. The maximum atomic E-state index is 5.58. The molecule has 0 aromatic carbocycles. The van der Waals surface area contributed by atoms with Crippen molar-refractivity contribution >= 4 is 5.95 Å². The Labute approximate surface area is 119 Å². The van der Waals surface area contributed by atoms with Crippen molar-refractivity contribution in [1.82, 2.24) is 30.1 Å². The van der Waals surface area contributed by atoms with Crippen LogP contribution in [-0.2, 0) is 0 Å². The van der Waals surface area contributed by atoms with Crippen LogP contribution in [0, 0.1) is 6.92 Å². The lowest BCUT2D eigenvalue weighted by molar-refractivity contribution is 0.397. The van der Waals surface area contributed by atoms with Gasteiger partial charge in [-0.3, -0.25) is 0 Å². The van der Waals surface area contributed by atoms with Crippen LogP contribution >= 0.6 is 0 Å². The van der Waals surface area contributed by atoms with E-state index in [-0.39, 0.29) is 17.6 Å². The highest BCUT2D eigenvalue weighted by Gasteiger charge is 2.14. The Kier molecular flexibility index (Phi) is 3.14. The number of pyridine rings is 1. The highest BCUT2D eigenvalue weighted by atomic mass is 16.5. The summed E-state index contributed by atoms with van der Waals surface area (Å²) < 4.78 is 10.2. The summed E-state index contributed by atoms with van der Waals surface area (Å²) in [4.78, 5) is 20.2. The maximum absolute atomic E-state index is 5.58. The van der Waals surface area contributed by atoms with Gasteiger partial charge in [-0.25, -0.2) is 9.97 Å². The summed E-state index contributed by atoms with van der Waals surface area (Å²) in [5.74, 6) is 1.84. The first-order chi connectivity index (χ1) is 10.2. The third-order valence-electron chi connectivity index (χ3n) is 2.58. The quantitative estimate of drug-likeness (QED) is 0.746. The molecule has 3 rings (SSSR count). The standard InChI is InChI=1S/C12H11N7O2/c1-6-15-9(18-12(13)16-6)10-17-11(21-19-10)7-3-4-14-8(5-7)20-2/h3-5H,1-2H3,(H2,13,15,16,18). The number of anilines is 1. The Balaban J connectivity index is 1.99. The van der Waals surface area contributed by atoms with Gasteiger partial charge in [-0.1, -0.05) is 5.16 Å². The Morgan fingerprint density at radius 1 is 1.14 bits per heavy atom. The second kappa shape index (κ2) is 5.12. The summed E-state index contributed by atoms with van der Waals surface area (Å²) in [6.07, 6.45) is 1.59. The molecule has 0 aliphatic rings. The Hall–Kier alpha value is -3.10. The number of aromatic nitrogens is 6. The fraction of sp³-hybridized carbons (Fsp3) is 0.167. The van der Waals surface area contributed by atoms with Gasteiger partial charge in [0.05, 0.1) is 7.11 Å². The van der Waals surface area contributed by atoms with E-state index in [1.807, 2.05) is 0 Å². The first-order valence-electron chi connectivity index (χ1n) is 5.98. The number of aryl methyl sites for hydroxylation is 1. The van der Waals surface area contributed by atoms with Gasteiger partial charge in [-0.15, -0.1) is 0 Å². The molecule has 21 heavy (non-hydrogen) atoms. The number of rotatable bonds is 3. The van der Waals surface area contributed by atoms with Crippen LogP contribution in [-0.4, -0.2) is 37.2 Å². The second-order valence-corrected chi connectivity index (χ2v) is 4.07. The van der Waals surface area contributed by atoms with Crippen molar-refractivity contribution < 1.29 is 9.26 Å². The summed E-state index contributed by atoms with van der Waals surface area (Å²) >= 11 is 0. The minimum absolute atomic E-state index is 0.106. The van der Waals surface area contributed by atoms with Crippen molar-refractivity contribution in [1.29, 1.82) is 0 Å². The predicted octanol–water partition coefficient (Wildman–Crippen LogP) is 0.883. The third-order valence-corrected chi connectivity index (χ3v) is 2.58. The van der Waals surface area contributed by atoms with Crippen molar-refractivity contribution in [3.8, 4) is 29.0 Å². The van der Waals surface area contributed by atoms with E-state index in [0.717, 1.165) is 0 Å². The van der Waals surface area contributed by atoms with Gasteiger partial charge in [0.2, 0.25) is 23.5 Å². The van der Waals surface area contributed by atoms with Crippen LogP contribution in [0.25, 0.3) is 23.1 Å². The van der Waals surface area contributed by atoms with Crippen molar-refractivity contribution in [3.63, 3.8) is 0 Å². The monoisotopic (exact) mass is 285 g/mol. The van der Waals surface area contributed by atoms with E-state index in [2.05, 4.69) is 30.1 Å². The molecule has 0 amide bonds. The molecule has 0 unspecified atom stereocenters. The molecule has 3 aromatic rings. The fourth-order valence-electron chi connectivity index (χ4n) is 1.69. The molecule has 0 saturated heterocycles. The molecule has 0 fully saturated rings. The van der Waals surface area contributed by atoms with Gasteiger partial charge < -0.3 is 15.0 Å². The summed E-state index contributed by atoms with van der Waals surface area (Å²) in [7, 11) is 1.53. The first-order valence-corrected chi connectivity index (χ1v) is 5.98. The summed E-state index contributed by atoms with van der Waals surface area (Å²) in [5.41, 5.74) is 6.26. The van der Waals surface area contributed by atoms with Crippen molar-refractivity contribution in [2.75, 3.05) is 12.8 Å². The number of nitrogen functional groups attached to an aromatic ring is 1. The van der Waals surface area contributed by atoms with Gasteiger partial charge >= 0.3 is 0 Å². The van der Waals surface area contributed by atoms with Crippen molar-refractivity contribution in [2.45, 2.75) is 6.92 Å². The van der Waals surface area contributed by atoms with E-state index < -0.39 is 0 Å². The molecule has 3 heterocycles. The Morgan fingerprint density at radius 2 is 2.00 bits per heavy atom. The zero-order valence-corrected chi connectivity index (χ0v) is 11.3. The number of nitrogens with two attached hydrogens (primary N) is 1. The normalized spacial score (nSPS) is 10.6. The zero-order valence-electron chi connectivity index (χ0n) is 11.3. The molecule has 0 atom stereocenters. The minimum Gasteiger partial charge on any atom is -0.481 e. The highest BCUT2D eigenvalue weighted by molar-refractivity contribution is 5.56. The summed E-state index contributed by atoms with van der Waals surface area (Å²) in [6.45, 7) is 1.70. The van der Waals surface area contributed by atoms with E-state index in [4.69, 9.17) is 15.0 Å². The summed E-state index contributed by atoms with van der Waals surface area (Å²) in [6, 6.07) is 3.41. The molecule has 0 saturated carbocycles. The molecule has 0 bridgehead atoms. The first kappa shape index (κ1) is 12.9. The van der Waals surface area contributed by atoms with Crippen LogP contribution in [0.4, 0.5) is 5.95 Å². The Bertz CT molecular complexity index is 767. The average molecular weight is 285 g/mol. The van der Waals surface area contributed by atoms with Crippen LogP contribution in [0.5, 0.6) is 5.88 Å². The van der Waals surface area contributed by atoms with Crippen molar-refractivity contribution in [3.05, 3.63) is 24.2 Å². The van der Waals surface area contributed by atoms with E-state index >= 15 is 0 Å². The Morgan fingerprint density at radius 3 is 2.76 bits per heavy atom. The van der Waals surface area contributed by atoms with Crippen molar-refractivity contribution in [2.24, 2.45) is 0 Å². The third kappa shape index (κ3) is 2.61. The predicted molar refractivity (Wildman–Crippen MR) is 72.1 cm³/mol. The number of ether oxygens (including phenoxy) is 1. The van der Waals surface area contributed by atoms with E-state index in [9.17, 15) is 0 Å². The zero-order chi connectivity index (χ0) is 14.8.